The molecule has 0 aromatic heterocycles. The van der Waals surface area contributed by atoms with Crippen molar-refractivity contribution in [3.63, 3.8) is 0 Å². The molecule has 1 saturated carbocycles. The van der Waals surface area contributed by atoms with Crippen molar-refractivity contribution in [1.82, 2.24) is 0 Å². The maximum atomic E-state index is 5.91. The third kappa shape index (κ3) is 1.58. The van der Waals surface area contributed by atoms with E-state index in [-0.39, 0.29) is 0 Å². The van der Waals surface area contributed by atoms with Gasteiger partial charge in [0.15, 0.2) is 0 Å². The summed E-state index contributed by atoms with van der Waals surface area (Å²) in [4.78, 5) is 0. The molecule has 1 aliphatic carbocycles. The van der Waals surface area contributed by atoms with Crippen molar-refractivity contribution in [2.45, 2.75) is 57.0 Å². The summed E-state index contributed by atoms with van der Waals surface area (Å²) >= 11 is 0. The van der Waals surface area contributed by atoms with E-state index in [1.807, 2.05) is 0 Å². The second-order valence-electron chi connectivity index (χ2n) is 4.05. The zero-order chi connectivity index (χ0) is 7.57. The normalized spacial score (nSPS) is 30.5. The molecule has 1 saturated heterocycles. The molecule has 1 spiro atoms. The average molecular weight is 154 g/mol. The van der Waals surface area contributed by atoms with Crippen LogP contribution in [0.3, 0.4) is 0 Å². The molecule has 2 fully saturated rings. The second-order valence-corrected chi connectivity index (χ2v) is 4.05. The molecule has 1 heterocycles. The Morgan fingerprint density at radius 1 is 0.727 bits per heavy atom. The van der Waals surface area contributed by atoms with Crippen molar-refractivity contribution in [1.29, 1.82) is 0 Å². The Balaban J connectivity index is 1.86. The molecule has 0 N–H and O–H groups in total. The van der Waals surface area contributed by atoms with Gasteiger partial charge in [-0.05, 0) is 32.1 Å². The zero-order valence-corrected chi connectivity index (χ0v) is 7.27. The highest BCUT2D eigenvalue weighted by Gasteiger charge is 2.37. The predicted molar refractivity (Wildman–Crippen MR) is 45.6 cm³/mol. The molecule has 0 radical (unpaired) electrons. The van der Waals surface area contributed by atoms with Gasteiger partial charge in [0.05, 0.1) is 5.60 Å². The quantitative estimate of drug-likeness (QED) is 0.521. The number of rotatable bonds is 0. The summed E-state index contributed by atoms with van der Waals surface area (Å²) in [6, 6.07) is 0. The summed E-state index contributed by atoms with van der Waals surface area (Å²) in [6.07, 6.45) is 10.9. The number of hydrogen-bond donors (Lipinski definition) is 0. The monoisotopic (exact) mass is 154 g/mol. The predicted octanol–water partition coefficient (Wildman–Crippen LogP) is 2.89. The van der Waals surface area contributed by atoms with Crippen LogP contribution in [0.5, 0.6) is 0 Å². The Hall–Kier alpha value is -0.0400. The lowest BCUT2D eigenvalue weighted by atomic mass is 9.76. The Morgan fingerprint density at radius 3 is 2.18 bits per heavy atom. The third-order valence-corrected chi connectivity index (χ3v) is 3.20. The summed E-state index contributed by atoms with van der Waals surface area (Å²) < 4.78 is 5.91. The Morgan fingerprint density at radius 2 is 1.45 bits per heavy atom. The average Bonchev–Trinajstić information content (AvgIpc) is 1.82. The second kappa shape index (κ2) is 3.14. The van der Waals surface area contributed by atoms with Gasteiger partial charge in [-0.25, -0.2) is 0 Å². The van der Waals surface area contributed by atoms with Crippen LogP contribution in [0.4, 0.5) is 0 Å². The number of ether oxygens (including phenoxy) is 1. The van der Waals surface area contributed by atoms with Crippen LogP contribution in [-0.4, -0.2) is 12.2 Å². The molecule has 0 unspecified atom stereocenters. The number of hydrogen-bond acceptors (Lipinski definition) is 1. The fourth-order valence-corrected chi connectivity index (χ4v) is 2.23. The van der Waals surface area contributed by atoms with E-state index < -0.39 is 0 Å². The van der Waals surface area contributed by atoms with Gasteiger partial charge in [0, 0.05) is 6.61 Å². The van der Waals surface area contributed by atoms with Crippen molar-refractivity contribution in [2.24, 2.45) is 0 Å². The van der Waals surface area contributed by atoms with Crippen molar-refractivity contribution in [2.75, 3.05) is 6.61 Å². The Labute approximate surface area is 69.1 Å². The Kier molecular flexibility index (Phi) is 2.17. The van der Waals surface area contributed by atoms with Gasteiger partial charge >= 0.3 is 0 Å². The lowest BCUT2D eigenvalue weighted by Crippen LogP contribution is -2.40. The molecule has 0 atom stereocenters. The summed E-state index contributed by atoms with van der Waals surface area (Å²) in [5.41, 5.74) is 0.375. The van der Waals surface area contributed by atoms with Gasteiger partial charge in [0.2, 0.25) is 0 Å². The zero-order valence-electron chi connectivity index (χ0n) is 7.27. The molecule has 2 aliphatic rings. The molecule has 1 nitrogen and oxygen atoms in total. The molecule has 0 aromatic carbocycles. The van der Waals surface area contributed by atoms with Crippen molar-refractivity contribution in [3.05, 3.63) is 0 Å². The van der Waals surface area contributed by atoms with Gasteiger partial charge < -0.3 is 4.74 Å². The van der Waals surface area contributed by atoms with Gasteiger partial charge in [-0.1, -0.05) is 19.3 Å². The van der Waals surface area contributed by atoms with Gasteiger partial charge in [-0.2, -0.15) is 0 Å². The van der Waals surface area contributed by atoms with Crippen LogP contribution >= 0.6 is 0 Å². The molecular weight excluding hydrogens is 136 g/mol. The minimum atomic E-state index is 0.375. The first-order valence-electron chi connectivity index (χ1n) is 5.05. The van der Waals surface area contributed by atoms with E-state index in [2.05, 4.69) is 0 Å². The molecule has 0 bridgehead atoms. The molecular formula is C10H18O. The summed E-state index contributed by atoms with van der Waals surface area (Å²) in [5.74, 6) is 0. The van der Waals surface area contributed by atoms with E-state index >= 15 is 0 Å². The maximum absolute atomic E-state index is 5.91. The summed E-state index contributed by atoms with van der Waals surface area (Å²) in [5, 5.41) is 0. The van der Waals surface area contributed by atoms with Crippen LogP contribution in [0.25, 0.3) is 0 Å². The van der Waals surface area contributed by atoms with Crippen LogP contribution in [0, 0.1) is 0 Å². The van der Waals surface area contributed by atoms with Gasteiger partial charge in [-0.15, -0.1) is 0 Å². The standard InChI is InChI=1S/C10H18O/c1-2-4-9-11-10(6-3-1)7-5-8-10/h1-9H2. The molecule has 11 heavy (non-hydrogen) atoms. The van der Waals surface area contributed by atoms with Crippen molar-refractivity contribution in [3.8, 4) is 0 Å². The lowest BCUT2D eigenvalue weighted by Gasteiger charge is -2.42. The SMILES string of the molecule is C1CCCC2(CCC2)OCC1. The first kappa shape index (κ1) is 7.60. The summed E-state index contributed by atoms with van der Waals surface area (Å²) in [7, 11) is 0. The lowest BCUT2D eigenvalue weighted by molar-refractivity contribution is -0.111. The molecule has 2 rings (SSSR count). The molecule has 0 amide bonds. The van der Waals surface area contributed by atoms with Crippen LogP contribution in [0.2, 0.25) is 0 Å². The van der Waals surface area contributed by atoms with E-state index in [0.29, 0.717) is 5.60 Å². The van der Waals surface area contributed by atoms with Gasteiger partial charge in [-0.3, -0.25) is 0 Å². The van der Waals surface area contributed by atoms with Crippen molar-refractivity contribution < 1.29 is 4.74 Å². The van der Waals surface area contributed by atoms with E-state index in [1.165, 1.54) is 51.4 Å². The van der Waals surface area contributed by atoms with E-state index in [0.717, 1.165) is 6.61 Å². The van der Waals surface area contributed by atoms with Crippen molar-refractivity contribution >= 4 is 0 Å². The summed E-state index contributed by atoms with van der Waals surface area (Å²) in [6.45, 7) is 1.03. The highest BCUT2D eigenvalue weighted by molar-refractivity contribution is 4.90. The van der Waals surface area contributed by atoms with Crippen LogP contribution < -0.4 is 0 Å². The van der Waals surface area contributed by atoms with Crippen LogP contribution in [0.15, 0.2) is 0 Å². The first-order chi connectivity index (χ1) is 5.41. The van der Waals surface area contributed by atoms with Gasteiger partial charge in [0.25, 0.3) is 0 Å². The highest BCUT2D eigenvalue weighted by atomic mass is 16.5. The van der Waals surface area contributed by atoms with Gasteiger partial charge in [0.1, 0.15) is 0 Å². The van der Waals surface area contributed by atoms with Crippen LogP contribution in [-0.2, 0) is 4.74 Å². The third-order valence-electron chi connectivity index (χ3n) is 3.20. The molecule has 64 valence electrons. The largest absolute Gasteiger partial charge is 0.375 e. The highest BCUT2D eigenvalue weighted by Crippen LogP contribution is 2.40. The first-order valence-corrected chi connectivity index (χ1v) is 5.05. The Bertz CT molecular complexity index is 117. The minimum Gasteiger partial charge on any atom is -0.375 e. The molecule has 1 heteroatoms. The molecule has 1 aliphatic heterocycles. The fraction of sp³-hybridized carbons (Fsp3) is 1.00. The minimum absolute atomic E-state index is 0.375. The van der Waals surface area contributed by atoms with E-state index in [9.17, 15) is 0 Å². The maximum Gasteiger partial charge on any atom is 0.0682 e. The fourth-order valence-electron chi connectivity index (χ4n) is 2.23. The van der Waals surface area contributed by atoms with Crippen LogP contribution in [0.1, 0.15) is 51.4 Å². The topological polar surface area (TPSA) is 9.23 Å². The van der Waals surface area contributed by atoms with E-state index in [1.54, 1.807) is 0 Å². The molecule has 0 aromatic rings. The smallest absolute Gasteiger partial charge is 0.0682 e. The van der Waals surface area contributed by atoms with E-state index in [4.69, 9.17) is 4.74 Å².